The molecule has 0 unspecified atom stereocenters. The minimum absolute atomic E-state index is 0.248. The maximum absolute atomic E-state index is 15.5. The lowest BCUT2D eigenvalue weighted by atomic mass is 9.86. The number of halogens is 2. The summed E-state index contributed by atoms with van der Waals surface area (Å²) in [7, 11) is 0. The fourth-order valence-electron chi connectivity index (χ4n) is 5.45. The highest BCUT2D eigenvalue weighted by atomic mass is 35.5. The molecule has 0 amide bonds. The first-order valence-electron chi connectivity index (χ1n) is 12.9. The van der Waals surface area contributed by atoms with Crippen molar-refractivity contribution < 1.29 is 23.8 Å². The summed E-state index contributed by atoms with van der Waals surface area (Å²) in [5.74, 6) is -1.45. The van der Waals surface area contributed by atoms with Crippen LogP contribution in [-0.2, 0) is 21.6 Å². The van der Waals surface area contributed by atoms with Gasteiger partial charge in [0.25, 0.3) is 0 Å². The summed E-state index contributed by atoms with van der Waals surface area (Å²) in [5.41, 5.74) is 2.43. The number of carbonyl (C=O) groups is 1. The zero-order chi connectivity index (χ0) is 28.3. The number of ether oxygens (including phenoxy) is 2. The van der Waals surface area contributed by atoms with Crippen LogP contribution < -0.4 is 4.74 Å². The number of hydrogen-bond donors (Lipinski definition) is 1. The van der Waals surface area contributed by atoms with Crippen LogP contribution in [0.25, 0.3) is 28.2 Å². The Bertz CT molecular complexity index is 1630. The van der Waals surface area contributed by atoms with Crippen molar-refractivity contribution in [2.24, 2.45) is 0 Å². The van der Waals surface area contributed by atoms with Gasteiger partial charge in [-0.3, -0.25) is 0 Å². The molecule has 39 heavy (non-hydrogen) atoms. The van der Waals surface area contributed by atoms with Gasteiger partial charge in [0, 0.05) is 39.0 Å². The zero-order valence-electron chi connectivity index (χ0n) is 22.9. The van der Waals surface area contributed by atoms with E-state index in [1.165, 1.54) is 13.0 Å². The summed E-state index contributed by atoms with van der Waals surface area (Å²) in [5, 5.41) is 16.0. The molecule has 0 saturated heterocycles. The molecule has 1 atom stereocenters. The van der Waals surface area contributed by atoms with Gasteiger partial charge < -0.3 is 14.6 Å². The lowest BCUT2D eigenvalue weighted by Gasteiger charge is -2.36. The van der Waals surface area contributed by atoms with E-state index in [0.29, 0.717) is 51.9 Å². The normalized spacial score (nSPS) is 15.1. The summed E-state index contributed by atoms with van der Waals surface area (Å²) < 4.78 is 29.0. The van der Waals surface area contributed by atoms with Crippen LogP contribution in [0.4, 0.5) is 4.39 Å². The summed E-state index contributed by atoms with van der Waals surface area (Å²) in [6, 6.07) is 10.5. The van der Waals surface area contributed by atoms with Gasteiger partial charge in [0.05, 0.1) is 23.6 Å². The smallest absolute Gasteiger partial charge is 0.340 e. The monoisotopic (exact) mass is 551 g/mol. The van der Waals surface area contributed by atoms with Crippen molar-refractivity contribution in [2.45, 2.75) is 65.6 Å². The van der Waals surface area contributed by atoms with E-state index in [1.807, 2.05) is 25.1 Å². The molecule has 0 saturated carbocycles. The number of fused-ring (bicyclic) bond motifs is 2. The maximum atomic E-state index is 15.5. The van der Waals surface area contributed by atoms with Crippen molar-refractivity contribution in [1.29, 1.82) is 0 Å². The van der Waals surface area contributed by atoms with E-state index in [2.05, 4.69) is 0 Å². The Labute approximate surface area is 231 Å². The number of aromatic nitrogens is 3. The second kappa shape index (κ2) is 9.61. The first-order valence-corrected chi connectivity index (χ1v) is 13.2. The Kier molecular flexibility index (Phi) is 6.67. The van der Waals surface area contributed by atoms with Gasteiger partial charge >= 0.3 is 5.97 Å². The highest BCUT2D eigenvalue weighted by Gasteiger charge is 2.45. The van der Waals surface area contributed by atoms with Crippen LogP contribution in [0.3, 0.4) is 0 Å². The zero-order valence-corrected chi connectivity index (χ0v) is 23.6. The van der Waals surface area contributed by atoms with Crippen LogP contribution in [0.15, 0.2) is 36.4 Å². The van der Waals surface area contributed by atoms with Crippen molar-refractivity contribution in [3.05, 3.63) is 69.6 Å². The molecule has 204 valence electrons. The van der Waals surface area contributed by atoms with E-state index >= 15 is 4.39 Å². The lowest BCUT2D eigenvalue weighted by molar-refractivity contribution is -0.183. The molecule has 3 heterocycles. The average molecular weight is 552 g/mol. The number of carboxylic acids is 1. The lowest BCUT2D eigenvalue weighted by Crippen LogP contribution is -2.43. The molecule has 1 aliphatic heterocycles. The van der Waals surface area contributed by atoms with Gasteiger partial charge in [-0.15, -0.1) is 0 Å². The largest absolute Gasteiger partial charge is 0.490 e. The number of rotatable bonds is 5. The SMILES string of the molecule is Cc1nc2cc(-c3cccc(Cl)c3)nn2c(-c2cc(F)c3c(c2C)CCCO3)c1[C@](C)(OC(C)(C)C)C(=O)O. The van der Waals surface area contributed by atoms with Crippen LogP contribution in [0.2, 0.25) is 5.02 Å². The average Bonchev–Trinajstić information content (AvgIpc) is 3.28. The molecule has 1 aliphatic rings. The Morgan fingerprint density at radius 1 is 1.18 bits per heavy atom. The van der Waals surface area contributed by atoms with Gasteiger partial charge in [0.1, 0.15) is 0 Å². The molecule has 5 rings (SSSR count). The summed E-state index contributed by atoms with van der Waals surface area (Å²) in [6.45, 7) is 11.0. The van der Waals surface area contributed by atoms with E-state index in [9.17, 15) is 9.90 Å². The topological polar surface area (TPSA) is 86.0 Å². The number of aryl methyl sites for hydroxylation is 1. The van der Waals surface area contributed by atoms with Crippen molar-refractivity contribution in [3.63, 3.8) is 0 Å². The Balaban J connectivity index is 1.91. The van der Waals surface area contributed by atoms with Crippen molar-refractivity contribution in [2.75, 3.05) is 6.61 Å². The maximum Gasteiger partial charge on any atom is 0.340 e. The second-order valence-electron chi connectivity index (χ2n) is 11.1. The van der Waals surface area contributed by atoms with Crippen LogP contribution in [0.5, 0.6) is 5.75 Å². The molecule has 4 aromatic rings. The number of benzene rings is 2. The molecule has 2 aromatic carbocycles. The first-order chi connectivity index (χ1) is 18.3. The fourth-order valence-corrected chi connectivity index (χ4v) is 5.64. The minimum Gasteiger partial charge on any atom is -0.490 e. The third-order valence-corrected chi connectivity index (χ3v) is 7.23. The van der Waals surface area contributed by atoms with Crippen molar-refractivity contribution in [3.8, 4) is 28.3 Å². The minimum atomic E-state index is -1.82. The van der Waals surface area contributed by atoms with Gasteiger partial charge in [0.15, 0.2) is 22.8 Å². The number of carboxylic acid groups (broad SMARTS) is 1. The van der Waals surface area contributed by atoms with Crippen LogP contribution in [0.1, 0.15) is 56.5 Å². The molecular formula is C30H31ClFN3O4. The van der Waals surface area contributed by atoms with Crippen molar-refractivity contribution >= 4 is 23.2 Å². The quantitative estimate of drug-likeness (QED) is 0.290. The van der Waals surface area contributed by atoms with E-state index in [-0.39, 0.29) is 5.75 Å². The molecule has 1 N–H and O–H groups in total. The van der Waals surface area contributed by atoms with Crippen molar-refractivity contribution in [1.82, 2.24) is 14.6 Å². The number of aliphatic carboxylic acids is 1. The van der Waals surface area contributed by atoms with Gasteiger partial charge in [-0.25, -0.2) is 18.7 Å². The van der Waals surface area contributed by atoms with Crippen LogP contribution in [0, 0.1) is 19.7 Å². The molecular weight excluding hydrogens is 521 g/mol. The Morgan fingerprint density at radius 3 is 2.59 bits per heavy atom. The van der Waals surface area contributed by atoms with E-state index < -0.39 is 23.0 Å². The summed E-state index contributed by atoms with van der Waals surface area (Å²) >= 11 is 6.25. The molecule has 0 fully saturated rings. The molecule has 9 heteroatoms. The summed E-state index contributed by atoms with van der Waals surface area (Å²) in [6.07, 6.45) is 1.41. The van der Waals surface area contributed by atoms with E-state index in [1.54, 1.807) is 44.3 Å². The van der Waals surface area contributed by atoms with Gasteiger partial charge in [-0.2, -0.15) is 5.10 Å². The summed E-state index contributed by atoms with van der Waals surface area (Å²) in [4.78, 5) is 17.7. The molecule has 2 aromatic heterocycles. The number of hydrogen-bond acceptors (Lipinski definition) is 5. The predicted molar refractivity (Wildman–Crippen MR) is 148 cm³/mol. The Morgan fingerprint density at radius 2 is 1.92 bits per heavy atom. The Hall–Kier alpha value is -3.49. The molecule has 0 aliphatic carbocycles. The third kappa shape index (κ3) is 4.76. The molecule has 0 bridgehead atoms. The highest BCUT2D eigenvalue weighted by Crippen LogP contribution is 2.44. The van der Waals surface area contributed by atoms with Gasteiger partial charge in [-0.1, -0.05) is 23.7 Å². The first kappa shape index (κ1) is 27.1. The molecule has 0 radical (unpaired) electrons. The third-order valence-electron chi connectivity index (χ3n) is 6.99. The standard InChI is InChI=1S/C30H31ClFN3O4/c1-16-20-11-8-12-38-27(20)22(32)14-21(16)26-25(30(6,28(36)37)39-29(3,4)5)17(2)33-24-15-23(34-35(24)26)18-9-7-10-19(31)13-18/h7,9-10,13-15H,8,11-12H2,1-6H3,(H,36,37)/t30-/m0/s1. The molecule has 7 nitrogen and oxygen atoms in total. The predicted octanol–water partition coefficient (Wildman–Crippen LogP) is 6.91. The van der Waals surface area contributed by atoms with E-state index in [4.69, 9.17) is 31.2 Å². The fraction of sp³-hybridized carbons (Fsp3) is 0.367. The molecule has 0 spiro atoms. The van der Waals surface area contributed by atoms with Gasteiger partial charge in [-0.05, 0) is 78.1 Å². The second-order valence-corrected chi connectivity index (χ2v) is 11.5. The van der Waals surface area contributed by atoms with Gasteiger partial charge in [0.2, 0.25) is 0 Å². The number of nitrogens with zero attached hydrogens (tertiary/aromatic N) is 3. The van der Waals surface area contributed by atoms with E-state index in [0.717, 1.165) is 23.1 Å². The van der Waals surface area contributed by atoms with Crippen LogP contribution >= 0.6 is 11.6 Å². The van der Waals surface area contributed by atoms with Crippen LogP contribution in [-0.4, -0.2) is 37.9 Å². The highest BCUT2D eigenvalue weighted by molar-refractivity contribution is 6.30.